The Labute approximate surface area is 155 Å². The van der Waals surface area contributed by atoms with Crippen molar-refractivity contribution in [3.05, 3.63) is 48.8 Å². The van der Waals surface area contributed by atoms with E-state index in [1.807, 2.05) is 12.1 Å². The summed E-state index contributed by atoms with van der Waals surface area (Å²) in [6, 6.07) is 12.1. The molecule has 0 saturated carbocycles. The monoisotopic (exact) mass is 437 g/mol. The summed E-state index contributed by atoms with van der Waals surface area (Å²) in [6.45, 7) is 0. The predicted molar refractivity (Wildman–Crippen MR) is 57.0 cm³/mol. The summed E-state index contributed by atoms with van der Waals surface area (Å²) in [4.78, 5) is 8.69. The third-order valence-corrected chi connectivity index (χ3v) is 2.34. The van der Waals surface area contributed by atoms with Gasteiger partial charge in [-0.1, -0.05) is 24.3 Å². The summed E-state index contributed by atoms with van der Waals surface area (Å²) in [5, 5.41) is 2.28. The Morgan fingerprint density at radius 2 is 0.840 bits per heavy atom. The molecule has 0 fully saturated rings. The van der Waals surface area contributed by atoms with Gasteiger partial charge in [0.25, 0.3) is 0 Å². The molecule has 10 nitrogen and oxygen atoms in total. The normalized spacial score (nSPS) is 10.9. The fourth-order valence-corrected chi connectivity index (χ4v) is 1.68. The van der Waals surface area contributed by atoms with E-state index in [1.54, 1.807) is 12.4 Å². The van der Waals surface area contributed by atoms with Gasteiger partial charge in [-0.05, 0) is 12.1 Å². The fourth-order valence-electron chi connectivity index (χ4n) is 1.68. The van der Waals surface area contributed by atoms with E-state index >= 15 is 0 Å². The van der Waals surface area contributed by atoms with Gasteiger partial charge in [-0.3, -0.25) is 9.97 Å². The van der Waals surface area contributed by atoms with Crippen molar-refractivity contribution >= 4 is 21.8 Å². The van der Waals surface area contributed by atoms with Gasteiger partial charge in [-0.2, -0.15) is 0 Å². The van der Waals surface area contributed by atoms with Crippen molar-refractivity contribution in [3.63, 3.8) is 0 Å². The van der Waals surface area contributed by atoms with Gasteiger partial charge in [0.2, 0.25) is 0 Å². The zero-order valence-corrected chi connectivity index (χ0v) is 14.4. The average Bonchev–Trinajstić information content (AvgIpc) is 2.44. The van der Waals surface area contributed by atoms with Crippen LogP contribution in [0.25, 0.3) is 21.8 Å². The summed E-state index contributed by atoms with van der Waals surface area (Å²) in [6.07, 6.45) is 3.60. The van der Waals surface area contributed by atoms with Crippen LogP contribution in [-0.2, 0) is 16.8 Å². The van der Waals surface area contributed by atoms with Crippen LogP contribution in [0.3, 0.4) is 0 Å². The Bertz CT molecular complexity index is 718. The van der Waals surface area contributed by atoms with Crippen LogP contribution < -0.4 is 37.3 Å². The number of aromatic nitrogens is 2. The van der Waals surface area contributed by atoms with Crippen molar-refractivity contribution in [2.24, 2.45) is 0 Å². The topological polar surface area (TPSA) is 210 Å². The maximum Gasteiger partial charge on any atom is 2.00 e. The first kappa shape index (κ1) is 23.8. The molecule has 0 aliphatic carbocycles. The summed E-state index contributed by atoms with van der Waals surface area (Å²) < 4.78 is 67.9. The molecule has 137 valence electrons. The predicted octanol–water partition coefficient (Wildman–Crippen LogP) is -6.73. The molecule has 0 amide bonds. The molecule has 0 aliphatic rings. The largest absolute Gasteiger partial charge is 2.00 e. The smallest absolute Gasteiger partial charge is 0.254 e. The van der Waals surface area contributed by atoms with Crippen LogP contribution in [0.2, 0.25) is 0 Å². The van der Waals surface area contributed by atoms with Crippen molar-refractivity contribution in [1.29, 1.82) is 0 Å². The molecule has 1 aromatic carbocycles. The second-order valence-electron chi connectivity index (χ2n) is 3.97. The quantitative estimate of drug-likeness (QED) is 0.303. The molecular formula is C12H8Cl2CoN2O8. The molecule has 2 heterocycles. The molecule has 1 radical (unpaired) electrons. The molecular weight excluding hydrogens is 430 g/mol. The maximum absolute atomic E-state index is 8.49. The van der Waals surface area contributed by atoms with E-state index in [0.29, 0.717) is 0 Å². The summed E-state index contributed by atoms with van der Waals surface area (Å²) in [7, 11) is -9.89. The van der Waals surface area contributed by atoms with Crippen LogP contribution in [0, 0.1) is 20.5 Å². The standard InChI is InChI=1S/C12H8N2.2ClHO4.Co/c1-3-9-5-6-10-4-2-8-14-12(10)11(9)13-7-1;2*2-1(3,4)5;/h1-8H;2*(H,2,3,4,5);/q;;;+2/p-2. The van der Waals surface area contributed by atoms with E-state index in [2.05, 4.69) is 34.2 Å². The molecule has 0 unspecified atom stereocenters. The summed E-state index contributed by atoms with van der Waals surface area (Å²) in [5.74, 6) is 0. The van der Waals surface area contributed by atoms with Gasteiger partial charge in [0.15, 0.2) is 0 Å². The Morgan fingerprint density at radius 1 is 0.560 bits per heavy atom. The number of fused-ring (bicyclic) bond motifs is 3. The van der Waals surface area contributed by atoms with Crippen LogP contribution in [-0.4, -0.2) is 9.97 Å². The molecule has 13 heteroatoms. The molecule has 0 bridgehead atoms. The minimum Gasteiger partial charge on any atom is -0.254 e. The van der Waals surface area contributed by atoms with Crippen molar-refractivity contribution in [1.82, 2.24) is 9.97 Å². The minimum atomic E-state index is -4.94. The molecule has 25 heavy (non-hydrogen) atoms. The number of rotatable bonds is 0. The van der Waals surface area contributed by atoms with E-state index in [9.17, 15) is 0 Å². The number of pyridine rings is 2. The van der Waals surface area contributed by atoms with Gasteiger partial charge in [-0.25, -0.2) is 37.3 Å². The molecule has 0 saturated heterocycles. The van der Waals surface area contributed by atoms with Crippen LogP contribution >= 0.6 is 0 Å². The SMILES string of the molecule is [Co+2].[O-][Cl+3]([O-])([O-])[O-].[O-][Cl+3]([O-])([O-])[O-].c1cnc2c(c1)ccc1cccnc12. The molecule has 3 aromatic rings. The Hall–Kier alpha value is -1.19. The van der Waals surface area contributed by atoms with Gasteiger partial charge < -0.3 is 0 Å². The first-order chi connectivity index (χ1) is 10.9. The van der Waals surface area contributed by atoms with Gasteiger partial charge in [0, 0.05) is 23.2 Å². The molecule has 3 rings (SSSR count). The van der Waals surface area contributed by atoms with Crippen molar-refractivity contribution in [2.45, 2.75) is 0 Å². The molecule has 0 atom stereocenters. The van der Waals surface area contributed by atoms with Crippen LogP contribution in [0.1, 0.15) is 0 Å². The third-order valence-electron chi connectivity index (χ3n) is 2.34. The molecule has 0 N–H and O–H groups in total. The van der Waals surface area contributed by atoms with E-state index in [-0.39, 0.29) is 16.8 Å². The zero-order chi connectivity index (χ0) is 18.4. The van der Waals surface area contributed by atoms with Gasteiger partial charge in [-0.15, -0.1) is 20.5 Å². The van der Waals surface area contributed by atoms with Crippen LogP contribution in [0.5, 0.6) is 0 Å². The zero-order valence-electron chi connectivity index (χ0n) is 11.9. The Kier molecular flexibility index (Phi) is 9.60. The number of hydrogen-bond donors (Lipinski definition) is 0. The Balaban J connectivity index is 0.000000445. The number of hydrogen-bond acceptors (Lipinski definition) is 10. The van der Waals surface area contributed by atoms with E-state index < -0.39 is 20.5 Å². The second kappa shape index (κ2) is 10.1. The average molecular weight is 438 g/mol. The van der Waals surface area contributed by atoms with Gasteiger partial charge in [0.05, 0.1) is 11.0 Å². The van der Waals surface area contributed by atoms with Crippen LogP contribution in [0.4, 0.5) is 0 Å². The fraction of sp³-hybridized carbons (Fsp3) is 0. The summed E-state index contributed by atoms with van der Waals surface area (Å²) >= 11 is 0. The van der Waals surface area contributed by atoms with Crippen LogP contribution in [0.15, 0.2) is 48.8 Å². The second-order valence-corrected chi connectivity index (χ2v) is 5.48. The third kappa shape index (κ3) is 11.1. The van der Waals surface area contributed by atoms with E-state index in [1.165, 1.54) is 0 Å². The van der Waals surface area contributed by atoms with Gasteiger partial charge >= 0.3 is 16.8 Å². The van der Waals surface area contributed by atoms with Crippen molar-refractivity contribution in [2.75, 3.05) is 0 Å². The number of halogens is 2. The maximum atomic E-state index is 8.49. The minimum absolute atomic E-state index is 0. The number of benzene rings is 1. The first-order valence-electron chi connectivity index (χ1n) is 5.77. The van der Waals surface area contributed by atoms with Crippen molar-refractivity contribution < 1.29 is 74.5 Å². The number of nitrogens with zero attached hydrogens (tertiary/aromatic N) is 2. The van der Waals surface area contributed by atoms with Crippen molar-refractivity contribution in [3.8, 4) is 0 Å². The molecule has 0 aliphatic heterocycles. The van der Waals surface area contributed by atoms with E-state index in [4.69, 9.17) is 37.3 Å². The van der Waals surface area contributed by atoms with Gasteiger partial charge in [0.1, 0.15) is 0 Å². The molecule has 2 aromatic heterocycles. The summed E-state index contributed by atoms with van der Waals surface area (Å²) in [5.41, 5.74) is 1.95. The first-order valence-corrected chi connectivity index (χ1v) is 8.24. The molecule has 0 spiro atoms. The van der Waals surface area contributed by atoms with E-state index in [0.717, 1.165) is 21.8 Å². The Morgan fingerprint density at radius 3 is 1.12 bits per heavy atom.